The molecular formula is C27H32N6O6S. The number of carbonyl (C=O) groups excluding carboxylic acids is 3. The number of primary amides is 1. The van der Waals surface area contributed by atoms with Crippen molar-refractivity contribution in [3.05, 3.63) is 66.4 Å². The van der Waals surface area contributed by atoms with Crippen LogP contribution in [0.2, 0.25) is 0 Å². The molecule has 0 radical (unpaired) electrons. The number of hydrogen-bond donors (Lipinski definition) is 3. The molecule has 0 unspecified atom stereocenters. The van der Waals surface area contributed by atoms with Crippen LogP contribution < -0.4 is 11.1 Å². The van der Waals surface area contributed by atoms with Crippen molar-refractivity contribution < 1.29 is 27.5 Å². The zero-order valence-corrected chi connectivity index (χ0v) is 22.7. The maximum atomic E-state index is 13.7. The summed E-state index contributed by atoms with van der Waals surface area (Å²) < 4.78 is 33.3. The van der Waals surface area contributed by atoms with Crippen molar-refractivity contribution in [1.29, 1.82) is 0 Å². The molecule has 0 bridgehead atoms. The van der Waals surface area contributed by atoms with Gasteiger partial charge in [0.05, 0.1) is 18.1 Å². The van der Waals surface area contributed by atoms with Gasteiger partial charge in [0.1, 0.15) is 12.1 Å². The molecule has 4 N–H and O–H groups in total. The van der Waals surface area contributed by atoms with Crippen LogP contribution in [-0.2, 0) is 30.8 Å². The number of nitrogens with two attached hydrogens (primary N) is 1. The highest BCUT2D eigenvalue weighted by atomic mass is 32.2. The Morgan fingerprint density at radius 2 is 1.70 bits per heavy atom. The zero-order chi connectivity index (χ0) is 28.3. The van der Waals surface area contributed by atoms with Crippen molar-refractivity contribution in [2.45, 2.75) is 23.4 Å². The summed E-state index contributed by atoms with van der Waals surface area (Å²) in [7, 11) is -3.93. The molecule has 2 fully saturated rings. The number of para-hydroxylation sites is 1. The number of nitrogens with zero attached hydrogens (tertiary/aromatic N) is 3. The van der Waals surface area contributed by atoms with E-state index in [1.54, 1.807) is 29.3 Å². The standard InChI is InChI=1S/C27H32N6O6S/c28-25(34)23(16-19-17-29-22-9-5-4-8-21(19)22)30-26(35)24-18-32(40(37,38)20-6-2-1-3-7-20)10-11-33(24)27(36)31-12-14-39-15-13-31/h1-9,17,23-24,29H,10-16,18H2,(H2,28,34)(H,30,35)/t23-,24+/m1/s1. The number of H-pyrrole nitrogens is 1. The van der Waals surface area contributed by atoms with Crippen LogP contribution in [0.4, 0.5) is 4.79 Å². The number of benzene rings is 2. The highest BCUT2D eigenvalue weighted by molar-refractivity contribution is 7.89. The molecule has 3 heterocycles. The Morgan fingerprint density at radius 1 is 1.00 bits per heavy atom. The first-order valence-corrected chi connectivity index (χ1v) is 14.5. The molecule has 212 valence electrons. The van der Waals surface area contributed by atoms with Crippen LogP contribution in [0.25, 0.3) is 10.9 Å². The molecule has 2 atom stereocenters. The Balaban J connectivity index is 1.40. The van der Waals surface area contributed by atoms with Gasteiger partial charge in [0, 0.05) is 56.2 Å². The summed E-state index contributed by atoms with van der Waals surface area (Å²) in [5.41, 5.74) is 7.35. The van der Waals surface area contributed by atoms with Gasteiger partial charge in [0.15, 0.2) is 0 Å². The van der Waals surface area contributed by atoms with Gasteiger partial charge in [-0.25, -0.2) is 13.2 Å². The SMILES string of the molecule is NC(=O)[C@@H](Cc1c[nH]c2ccccc12)NC(=O)[C@@H]1CN(S(=O)(=O)c2ccccc2)CCN1C(=O)N1CCOCC1. The van der Waals surface area contributed by atoms with Gasteiger partial charge in [-0.1, -0.05) is 36.4 Å². The first kappa shape index (κ1) is 27.6. The third kappa shape index (κ3) is 5.67. The van der Waals surface area contributed by atoms with Crippen molar-refractivity contribution in [1.82, 2.24) is 24.4 Å². The van der Waals surface area contributed by atoms with E-state index in [1.165, 1.54) is 21.3 Å². The van der Waals surface area contributed by atoms with E-state index in [0.717, 1.165) is 16.5 Å². The number of nitrogens with one attached hydrogen (secondary N) is 2. The number of aromatic nitrogens is 1. The monoisotopic (exact) mass is 568 g/mol. The van der Waals surface area contributed by atoms with E-state index in [9.17, 15) is 22.8 Å². The van der Waals surface area contributed by atoms with Gasteiger partial charge in [0.2, 0.25) is 21.8 Å². The summed E-state index contributed by atoms with van der Waals surface area (Å²) in [4.78, 5) is 45.8. The number of fused-ring (bicyclic) bond motifs is 1. The van der Waals surface area contributed by atoms with Crippen LogP contribution in [0.1, 0.15) is 5.56 Å². The summed E-state index contributed by atoms with van der Waals surface area (Å²) in [6.45, 7) is 1.23. The number of carbonyl (C=O) groups is 3. The van der Waals surface area contributed by atoms with Crippen molar-refractivity contribution >= 4 is 38.8 Å². The van der Waals surface area contributed by atoms with E-state index in [2.05, 4.69) is 10.3 Å². The molecule has 2 aliphatic heterocycles. The highest BCUT2D eigenvalue weighted by Gasteiger charge is 2.42. The summed E-state index contributed by atoms with van der Waals surface area (Å²) in [6, 6.07) is 12.9. The molecule has 5 rings (SSSR count). The molecule has 13 heteroatoms. The van der Waals surface area contributed by atoms with Gasteiger partial charge in [-0.2, -0.15) is 4.31 Å². The second-order valence-electron chi connectivity index (χ2n) is 9.79. The zero-order valence-electron chi connectivity index (χ0n) is 21.9. The first-order chi connectivity index (χ1) is 19.3. The first-order valence-electron chi connectivity index (χ1n) is 13.1. The second kappa shape index (κ2) is 11.7. The quantitative estimate of drug-likeness (QED) is 0.377. The molecule has 3 aromatic rings. The molecule has 0 saturated carbocycles. The third-order valence-electron chi connectivity index (χ3n) is 7.31. The number of hydrogen-bond acceptors (Lipinski definition) is 6. The Labute approximate surface area is 232 Å². The van der Waals surface area contributed by atoms with Crippen LogP contribution in [0.3, 0.4) is 0 Å². The largest absolute Gasteiger partial charge is 0.378 e. The van der Waals surface area contributed by atoms with Gasteiger partial charge in [-0.3, -0.25) is 9.59 Å². The molecule has 2 saturated heterocycles. The Morgan fingerprint density at radius 3 is 2.42 bits per heavy atom. The van der Waals surface area contributed by atoms with Crippen molar-refractivity contribution in [3.8, 4) is 0 Å². The molecule has 1 aromatic heterocycles. The number of morpholine rings is 1. The van der Waals surface area contributed by atoms with Gasteiger partial charge in [-0.15, -0.1) is 0 Å². The summed E-state index contributed by atoms with van der Waals surface area (Å²) in [5.74, 6) is -1.40. The molecule has 2 aliphatic rings. The number of urea groups is 1. The van der Waals surface area contributed by atoms with Crippen LogP contribution in [0, 0.1) is 0 Å². The van der Waals surface area contributed by atoms with E-state index in [-0.39, 0.29) is 37.0 Å². The lowest BCUT2D eigenvalue weighted by Crippen LogP contribution is -2.65. The topological polar surface area (TPSA) is 158 Å². The Kier molecular flexibility index (Phi) is 8.05. The normalized spacial score (nSPS) is 19.4. The van der Waals surface area contributed by atoms with Crippen LogP contribution >= 0.6 is 0 Å². The number of aromatic amines is 1. The smallest absolute Gasteiger partial charge is 0.320 e. The van der Waals surface area contributed by atoms with Crippen molar-refractivity contribution in [3.63, 3.8) is 0 Å². The van der Waals surface area contributed by atoms with E-state index in [4.69, 9.17) is 10.5 Å². The predicted octanol–water partition coefficient (Wildman–Crippen LogP) is 0.508. The van der Waals surface area contributed by atoms with Crippen LogP contribution in [-0.4, -0.2) is 103 Å². The highest BCUT2D eigenvalue weighted by Crippen LogP contribution is 2.23. The minimum atomic E-state index is -3.93. The maximum absolute atomic E-state index is 13.7. The van der Waals surface area contributed by atoms with Gasteiger partial charge in [-0.05, 0) is 23.8 Å². The maximum Gasteiger partial charge on any atom is 0.320 e. The minimum absolute atomic E-state index is 0.00399. The fourth-order valence-electron chi connectivity index (χ4n) is 5.12. The molecule has 0 spiro atoms. The third-order valence-corrected chi connectivity index (χ3v) is 9.19. The lowest BCUT2D eigenvalue weighted by Gasteiger charge is -2.42. The number of ether oxygens (including phenoxy) is 1. The van der Waals surface area contributed by atoms with E-state index >= 15 is 0 Å². The van der Waals surface area contributed by atoms with E-state index in [1.807, 2.05) is 24.3 Å². The fourth-order valence-corrected chi connectivity index (χ4v) is 6.58. The fraction of sp³-hybridized carbons (Fsp3) is 0.370. The lowest BCUT2D eigenvalue weighted by molar-refractivity contribution is -0.131. The van der Waals surface area contributed by atoms with Crippen molar-refractivity contribution in [2.24, 2.45) is 5.73 Å². The number of piperazine rings is 1. The van der Waals surface area contributed by atoms with Crippen LogP contribution in [0.15, 0.2) is 65.7 Å². The summed E-state index contributed by atoms with van der Waals surface area (Å²) in [6.07, 6.45) is 1.89. The Hall–Kier alpha value is -3.94. The molecular weight excluding hydrogens is 536 g/mol. The summed E-state index contributed by atoms with van der Waals surface area (Å²) in [5, 5.41) is 3.60. The number of rotatable bonds is 7. The van der Waals surface area contributed by atoms with Gasteiger partial charge in [0.25, 0.3) is 0 Å². The molecule has 2 aromatic carbocycles. The van der Waals surface area contributed by atoms with E-state index < -0.39 is 33.9 Å². The molecule has 0 aliphatic carbocycles. The summed E-state index contributed by atoms with van der Waals surface area (Å²) >= 11 is 0. The molecule has 40 heavy (non-hydrogen) atoms. The van der Waals surface area contributed by atoms with E-state index in [0.29, 0.717) is 26.3 Å². The van der Waals surface area contributed by atoms with Gasteiger partial charge >= 0.3 is 6.03 Å². The predicted molar refractivity (Wildman–Crippen MR) is 147 cm³/mol. The van der Waals surface area contributed by atoms with Gasteiger partial charge < -0.3 is 30.6 Å². The number of sulfonamides is 1. The molecule has 4 amide bonds. The number of amides is 4. The van der Waals surface area contributed by atoms with Crippen molar-refractivity contribution in [2.75, 3.05) is 45.9 Å². The molecule has 12 nitrogen and oxygen atoms in total. The lowest BCUT2D eigenvalue weighted by atomic mass is 10.0. The minimum Gasteiger partial charge on any atom is -0.378 e. The Bertz CT molecular complexity index is 1490. The second-order valence-corrected chi connectivity index (χ2v) is 11.7. The average molecular weight is 569 g/mol. The average Bonchev–Trinajstić information content (AvgIpc) is 3.39. The van der Waals surface area contributed by atoms with Crippen LogP contribution in [0.5, 0.6) is 0 Å².